The Balaban J connectivity index is 1.43. The minimum absolute atomic E-state index is 0.0176. The molecule has 0 spiro atoms. The number of anilines is 1. The number of hydrogen-bond donors (Lipinski definition) is 2. The Morgan fingerprint density at radius 2 is 1.58 bits per heavy atom. The number of hydrogen-bond acceptors (Lipinski definition) is 3. The topological polar surface area (TPSA) is 79.3 Å². The lowest BCUT2D eigenvalue weighted by Crippen LogP contribution is -2.36. The molecule has 1 aromatic heterocycles. The van der Waals surface area contributed by atoms with E-state index in [1.165, 1.54) is 5.56 Å². The van der Waals surface area contributed by atoms with Crippen LogP contribution in [0.25, 0.3) is 0 Å². The zero-order valence-electron chi connectivity index (χ0n) is 14.2. The molecular formula is C21H20N2O3. The van der Waals surface area contributed by atoms with E-state index in [1.807, 2.05) is 48.6 Å². The molecule has 2 aromatic rings. The van der Waals surface area contributed by atoms with Crippen molar-refractivity contribution in [2.75, 3.05) is 5.32 Å². The molecule has 2 N–H and O–H groups in total. The Morgan fingerprint density at radius 3 is 2.23 bits per heavy atom. The third-order valence-electron chi connectivity index (χ3n) is 5.43. The molecule has 26 heavy (non-hydrogen) atoms. The molecule has 1 fully saturated rings. The van der Waals surface area contributed by atoms with Crippen LogP contribution in [0.4, 0.5) is 5.69 Å². The summed E-state index contributed by atoms with van der Waals surface area (Å²) in [6, 6.07) is 11.6. The fourth-order valence-corrected chi connectivity index (χ4v) is 4.18. The van der Waals surface area contributed by atoms with Crippen LogP contribution in [0.1, 0.15) is 17.5 Å². The lowest BCUT2D eigenvalue weighted by Gasteiger charge is -2.23. The standard InChI is InChI=1S/C21H20N2O3/c24-20(18-15-3-4-16(12-15)19(18)21(25)26)23-17-5-1-13(2-6-17)11-14-7-9-22-10-8-14/h1-10,15-16,18-19H,11-12H2,(H,23,24)(H,25,26)/t15-,16-,18-,19+/m0/s1. The number of aliphatic carboxylic acids is 1. The van der Waals surface area contributed by atoms with Gasteiger partial charge in [0.2, 0.25) is 5.91 Å². The van der Waals surface area contributed by atoms with Gasteiger partial charge in [-0.2, -0.15) is 0 Å². The molecule has 0 radical (unpaired) electrons. The van der Waals surface area contributed by atoms with E-state index in [9.17, 15) is 14.7 Å². The van der Waals surface area contributed by atoms with Gasteiger partial charge in [-0.1, -0.05) is 24.3 Å². The number of fused-ring (bicyclic) bond motifs is 2. The Kier molecular flexibility index (Phi) is 4.29. The molecule has 1 amide bonds. The van der Waals surface area contributed by atoms with Crippen molar-refractivity contribution in [2.24, 2.45) is 23.7 Å². The maximum Gasteiger partial charge on any atom is 0.307 e. The summed E-state index contributed by atoms with van der Waals surface area (Å²) < 4.78 is 0. The van der Waals surface area contributed by atoms with Gasteiger partial charge in [0.1, 0.15) is 0 Å². The number of carboxylic acids is 1. The van der Waals surface area contributed by atoms with Crippen LogP contribution in [-0.2, 0) is 16.0 Å². The van der Waals surface area contributed by atoms with Gasteiger partial charge < -0.3 is 10.4 Å². The highest BCUT2D eigenvalue weighted by Gasteiger charge is 2.51. The molecule has 5 nitrogen and oxygen atoms in total. The highest BCUT2D eigenvalue weighted by Crippen LogP contribution is 2.48. The van der Waals surface area contributed by atoms with Gasteiger partial charge >= 0.3 is 5.97 Å². The largest absolute Gasteiger partial charge is 0.481 e. The summed E-state index contributed by atoms with van der Waals surface area (Å²) in [6.45, 7) is 0. The highest BCUT2D eigenvalue weighted by molar-refractivity contribution is 5.96. The van der Waals surface area contributed by atoms with Crippen molar-refractivity contribution >= 4 is 17.6 Å². The zero-order valence-corrected chi connectivity index (χ0v) is 14.2. The van der Waals surface area contributed by atoms with Crippen LogP contribution in [-0.4, -0.2) is 22.0 Å². The van der Waals surface area contributed by atoms with E-state index in [2.05, 4.69) is 10.3 Å². The monoisotopic (exact) mass is 348 g/mol. The molecular weight excluding hydrogens is 328 g/mol. The van der Waals surface area contributed by atoms with Gasteiger partial charge in [0, 0.05) is 18.1 Å². The van der Waals surface area contributed by atoms with Crippen molar-refractivity contribution in [3.8, 4) is 0 Å². The lowest BCUT2D eigenvalue weighted by atomic mass is 9.82. The second-order valence-electron chi connectivity index (χ2n) is 7.06. The van der Waals surface area contributed by atoms with Gasteiger partial charge in [-0.05, 0) is 60.1 Å². The number of rotatable bonds is 5. The highest BCUT2D eigenvalue weighted by atomic mass is 16.4. The summed E-state index contributed by atoms with van der Waals surface area (Å²) in [6.07, 6.45) is 9.04. The number of pyridine rings is 1. The molecule has 4 atom stereocenters. The van der Waals surface area contributed by atoms with Crippen molar-refractivity contribution in [2.45, 2.75) is 12.8 Å². The first-order valence-electron chi connectivity index (χ1n) is 8.81. The number of carboxylic acid groups (broad SMARTS) is 1. The van der Waals surface area contributed by atoms with Crippen molar-refractivity contribution in [1.29, 1.82) is 0 Å². The average Bonchev–Trinajstić information content (AvgIpc) is 3.25. The second kappa shape index (κ2) is 6.75. The summed E-state index contributed by atoms with van der Waals surface area (Å²) in [4.78, 5) is 28.3. The Morgan fingerprint density at radius 1 is 0.962 bits per heavy atom. The summed E-state index contributed by atoms with van der Waals surface area (Å²) in [5.74, 6) is -2.16. The van der Waals surface area contributed by atoms with Crippen molar-refractivity contribution in [3.63, 3.8) is 0 Å². The van der Waals surface area contributed by atoms with E-state index in [1.54, 1.807) is 12.4 Å². The molecule has 2 aliphatic carbocycles. The van der Waals surface area contributed by atoms with E-state index in [0.29, 0.717) is 5.69 Å². The Bertz CT molecular complexity index is 845. The molecule has 1 aromatic carbocycles. The predicted molar refractivity (Wildman–Crippen MR) is 97.5 cm³/mol. The molecule has 4 rings (SSSR count). The van der Waals surface area contributed by atoms with Crippen molar-refractivity contribution < 1.29 is 14.7 Å². The van der Waals surface area contributed by atoms with Crippen molar-refractivity contribution in [1.82, 2.24) is 4.98 Å². The minimum Gasteiger partial charge on any atom is -0.481 e. The molecule has 0 unspecified atom stereocenters. The van der Waals surface area contributed by atoms with Crippen LogP contribution in [0.3, 0.4) is 0 Å². The van der Waals surface area contributed by atoms with Crippen LogP contribution >= 0.6 is 0 Å². The molecule has 2 bridgehead atoms. The number of benzene rings is 1. The molecule has 132 valence electrons. The Hall–Kier alpha value is -2.95. The van der Waals surface area contributed by atoms with Crippen molar-refractivity contribution in [3.05, 3.63) is 72.1 Å². The molecule has 5 heteroatoms. The van der Waals surface area contributed by atoms with Crippen LogP contribution in [0, 0.1) is 23.7 Å². The number of allylic oxidation sites excluding steroid dienone is 2. The first-order chi connectivity index (χ1) is 12.6. The first kappa shape index (κ1) is 16.5. The normalized spacial score (nSPS) is 26.0. The third-order valence-corrected chi connectivity index (χ3v) is 5.43. The van der Waals surface area contributed by atoms with Gasteiger partial charge in [-0.25, -0.2) is 0 Å². The summed E-state index contributed by atoms with van der Waals surface area (Å²) in [5.41, 5.74) is 3.01. The summed E-state index contributed by atoms with van der Waals surface area (Å²) >= 11 is 0. The molecule has 1 saturated carbocycles. The molecule has 0 aliphatic heterocycles. The number of nitrogens with zero attached hydrogens (tertiary/aromatic N) is 1. The summed E-state index contributed by atoms with van der Waals surface area (Å²) in [5, 5.41) is 12.4. The number of aromatic nitrogens is 1. The number of amides is 1. The smallest absolute Gasteiger partial charge is 0.307 e. The van der Waals surface area contributed by atoms with E-state index in [0.717, 1.165) is 18.4 Å². The first-order valence-corrected chi connectivity index (χ1v) is 8.81. The second-order valence-corrected chi connectivity index (χ2v) is 7.06. The quantitative estimate of drug-likeness (QED) is 0.814. The van der Waals surface area contributed by atoms with Crippen LogP contribution in [0.5, 0.6) is 0 Å². The van der Waals surface area contributed by atoms with E-state index >= 15 is 0 Å². The van der Waals surface area contributed by atoms with Gasteiger partial charge in [0.15, 0.2) is 0 Å². The van der Waals surface area contributed by atoms with E-state index < -0.39 is 17.8 Å². The fraction of sp³-hybridized carbons (Fsp3) is 0.286. The molecule has 2 aliphatic rings. The van der Waals surface area contributed by atoms with Gasteiger partial charge in [-0.15, -0.1) is 0 Å². The Labute approximate surface area is 151 Å². The number of carbonyl (C=O) groups excluding carboxylic acids is 1. The maximum absolute atomic E-state index is 12.7. The predicted octanol–water partition coefficient (Wildman–Crippen LogP) is 3.13. The molecule has 0 saturated heterocycles. The van der Waals surface area contributed by atoms with Gasteiger partial charge in [0.25, 0.3) is 0 Å². The van der Waals surface area contributed by atoms with Crippen LogP contribution in [0.15, 0.2) is 60.9 Å². The third kappa shape index (κ3) is 3.12. The SMILES string of the molecule is O=C(Nc1ccc(Cc2ccncc2)cc1)[C@@H]1[C@H](C(=O)O)[C@H]2C=C[C@H]1C2. The lowest BCUT2D eigenvalue weighted by molar-refractivity contribution is -0.146. The summed E-state index contributed by atoms with van der Waals surface area (Å²) in [7, 11) is 0. The maximum atomic E-state index is 12.7. The minimum atomic E-state index is -0.880. The number of carbonyl (C=O) groups is 2. The number of nitrogens with one attached hydrogen (secondary N) is 1. The fourth-order valence-electron chi connectivity index (χ4n) is 4.18. The van der Waals surface area contributed by atoms with Crippen LogP contribution in [0.2, 0.25) is 0 Å². The van der Waals surface area contributed by atoms with E-state index in [-0.39, 0.29) is 17.7 Å². The van der Waals surface area contributed by atoms with Crippen LogP contribution < -0.4 is 5.32 Å². The zero-order chi connectivity index (χ0) is 18.1. The average molecular weight is 348 g/mol. The molecule has 1 heterocycles. The van der Waals surface area contributed by atoms with Gasteiger partial charge in [0.05, 0.1) is 11.8 Å². The van der Waals surface area contributed by atoms with E-state index in [4.69, 9.17) is 0 Å². The van der Waals surface area contributed by atoms with Gasteiger partial charge in [-0.3, -0.25) is 14.6 Å².